The minimum Gasteiger partial charge on any atom is -0.460 e. The Labute approximate surface area is 120 Å². The Bertz CT molecular complexity index is 802. The SMILES string of the molecule is Cc1ccc(/C=N\NC(=O)Cn2nnc3ccccc32)o1. The normalized spacial score (nSPS) is 11.3. The van der Waals surface area contributed by atoms with E-state index < -0.39 is 0 Å². The summed E-state index contributed by atoms with van der Waals surface area (Å²) in [5.74, 6) is 1.08. The molecule has 0 saturated heterocycles. The van der Waals surface area contributed by atoms with Crippen molar-refractivity contribution in [2.75, 3.05) is 0 Å². The van der Waals surface area contributed by atoms with E-state index in [1.54, 1.807) is 6.07 Å². The van der Waals surface area contributed by atoms with Gasteiger partial charge in [-0.1, -0.05) is 17.3 Å². The Morgan fingerprint density at radius 2 is 2.24 bits per heavy atom. The number of benzene rings is 1. The third-order valence-corrected chi connectivity index (χ3v) is 2.86. The molecule has 7 nitrogen and oxygen atoms in total. The lowest BCUT2D eigenvalue weighted by molar-refractivity contribution is -0.121. The number of carbonyl (C=O) groups is 1. The third-order valence-electron chi connectivity index (χ3n) is 2.86. The first-order chi connectivity index (χ1) is 10.2. The average molecular weight is 283 g/mol. The van der Waals surface area contributed by atoms with Crippen molar-refractivity contribution in [3.05, 3.63) is 47.9 Å². The minimum atomic E-state index is -0.287. The molecular weight excluding hydrogens is 270 g/mol. The van der Waals surface area contributed by atoms with Gasteiger partial charge in [0.15, 0.2) is 0 Å². The van der Waals surface area contributed by atoms with Crippen molar-refractivity contribution >= 4 is 23.2 Å². The molecule has 0 unspecified atom stereocenters. The molecular formula is C14H13N5O2. The predicted molar refractivity (Wildman–Crippen MR) is 76.7 cm³/mol. The molecule has 3 aromatic rings. The van der Waals surface area contributed by atoms with Crippen molar-refractivity contribution in [1.82, 2.24) is 20.4 Å². The molecule has 2 heterocycles. The second kappa shape index (κ2) is 5.58. The van der Waals surface area contributed by atoms with E-state index in [2.05, 4.69) is 20.8 Å². The zero-order valence-corrected chi connectivity index (χ0v) is 11.4. The van der Waals surface area contributed by atoms with E-state index in [4.69, 9.17) is 4.42 Å². The van der Waals surface area contributed by atoms with Gasteiger partial charge in [0, 0.05) is 0 Å². The fourth-order valence-electron chi connectivity index (χ4n) is 1.90. The van der Waals surface area contributed by atoms with Crippen molar-refractivity contribution in [3.8, 4) is 0 Å². The zero-order chi connectivity index (χ0) is 14.7. The summed E-state index contributed by atoms with van der Waals surface area (Å²) < 4.78 is 6.83. The first-order valence-electron chi connectivity index (χ1n) is 6.39. The van der Waals surface area contributed by atoms with E-state index >= 15 is 0 Å². The number of hydrogen-bond donors (Lipinski definition) is 1. The lowest BCUT2D eigenvalue weighted by Crippen LogP contribution is -2.23. The number of aromatic nitrogens is 3. The van der Waals surface area contributed by atoms with Gasteiger partial charge in [-0.3, -0.25) is 4.79 Å². The number of aryl methyl sites for hydroxylation is 1. The highest BCUT2D eigenvalue weighted by Crippen LogP contribution is 2.09. The van der Waals surface area contributed by atoms with Crippen LogP contribution in [0.15, 0.2) is 45.9 Å². The number of rotatable bonds is 4. The number of para-hydroxylation sites is 1. The maximum atomic E-state index is 11.8. The van der Waals surface area contributed by atoms with Crippen LogP contribution in [-0.2, 0) is 11.3 Å². The molecule has 3 rings (SSSR count). The van der Waals surface area contributed by atoms with E-state index in [9.17, 15) is 4.79 Å². The molecule has 7 heteroatoms. The highest BCUT2D eigenvalue weighted by Gasteiger charge is 2.07. The fraction of sp³-hybridized carbons (Fsp3) is 0.143. The lowest BCUT2D eigenvalue weighted by atomic mass is 10.3. The maximum Gasteiger partial charge on any atom is 0.261 e. The summed E-state index contributed by atoms with van der Waals surface area (Å²) in [6.07, 6.45) is 1.45. The van der Waals surface area contributed by atoms with Crippen LogP contribution in [0, 0.1) is 6.92 Å². The van der Waals surface area contributed by atoms with Gasteiger partial charge >= 0.3 is 0 Å². The smallest absolute Gasteiger partial charge is 0.261 e. The summed E-state index contributed by atoms with van der Waals surface area (Å²) in [5, 5.41) is 11.8. The van der Waals surface area contributed by atoms with Crippen LogP contribution >= 0.6 is 0 Å². The topological polar surface area (TPSA) is 85.3 Å². The van der Waals surface area contributed by atoms with Gasteiger partial charge in [0.1, 0.15) is 23.6 Å². The lowest BCUT2D eigenvalue weighted by Gasteiger charge is -2.00. The Morgan fingerprint density at radius 3 is 3.05 bits per heavy atom. The fourth-order valence-corrected chi connectivity index (χ4v) is 1.90. The molecule has 0 aliphatic carbocycles. The van der Waals surface area contributed by atoms with E-state index in [1.807, 2.05) is 37.3 Å². The molecule has 2 aromatic heterocycles. The summed E-state index contributed by atoms with van der Waals surface area (Å²) in [5.41, 5.74) is 3.98. The standard InChI is InChI=1S/C14H13N5O2/c1-10-6-7-11(21-10)8-15-17-14(20)9-19-13-5-3-2-4-12(13)16-18-19/h2-8H,9H2,1H3,(H,17,20)/b15-8-. The minimum absolute atomic E-state index is 0.0506. The Morgan fingerprint density at radius 1 is 1.38 bits per heavy atom. The number of fused-ring (bicyclic) bond motifs is 1. The zero-order valence-electron chi connectivity index (χ0n) is 11.4. The van der Waals surface area contributed by atoms with E-state index in [-0.39, 0.29) is 12.5 Å². The second-order valence-electron chi connectivity index (χ2n) is 4.48. The Balaban J connectivity index is 1.63. The van der Waals surface area contributed by atoms with Crippen LogP contribution in [0.5, 0.6) is 0 Å². The van der Waals surface area contributed by atoms with Crippen molar-refractivity contribution in [3.63, 3.8) is 0 Å². The number of nitrogens with zero attached hydrogens (tertiary/aromatic N) is 4. The van der Waals surface area contributed by atoms with Gasteiger partial charge < -0.3 is 4.42 Å². The van der Waals surface area contributed by atoms with Gasteiger partial charge in [-0.25, -0.2) is 10.1 Å². The molecule has 0 radical (unpaired) electrons. The molecule has 0 aliphatic heterocycles. The molecule has 0 saturated carbocycles. The largest absolute Gasteiger partial charge is 0.460 e. The van der Waals surface area contributed by atoms with Gasteiger partial charge in [0.2, 0.25) is 0 Å². The van der Waals surface area contributed by atoms with Crippen LogP contribution in [0.2, 0.25) is 0 Å². The first-order valence-corrected chi connectivity index (χ1v) is 6.39. The van der Waals surface area contributed by atoms with E-state index in [0.717, 1.165) is 16.8 Å². The van der Waals surface area contributed by atoms with Gasteiger partial charge in [-0.05, 0) is 31.2 Å². The summed E-state index contributed by atoms with van der Waals surface area (Å²) >= 11 is 0. The average Bonchev–Trinajstić information content (AvgIpc) is 3.06. The first kappa shape index (κ1) is 13.0. The summed E-state index contributed by atoms with van der Waals surface area (Å²) in [7, 11) is 0. The molecule has 106 valence electrons. The molecule has 1 N–H and O–H groups in total. The van der Waals surface area contributed by atoms with Crippen LogP contribution in [-0.4, -0.2) is 27.1 Å². The third kappa shape index (κ3) is 2.97. The van der Waals surface area contributed by atoms with Gasteiger partial charge in [0.25, 0.3) is 5.91 Å². The van der Waals surface area contributed by atoms with Crippen LogP contribution in [0.1, 0.15) is 11.5 Å². The Hall–Kier alpha value is -2.96. The molecule has 0 atom stereocenters. The number of nitrogens with one attached hydrogen (secondary N) is 1. The molecule has 0 fully saturated rings. The van der Waals surface area contributed by atoms with Crippen molar-refractivity contribution in [2.24, 2.45) is 5.10 Å². The number of carbonyl (C=O) groups excluding carboxylic acids is 1. The number of amides is 1. The van der Waals surface area contributed by atoms with Crippen LogP contribution in [0.3, 0.4) is 0 Å². The van der Waals surface area contributed by atoms with Crippen LogP contribution in [0.25, 0.3) is 11.0 Å². The monoisotopic (exact) mass is 283 g/mol. The highest BCUT2D eigenvalue weighted by atomic mass is 16.3. The molecule has 0 bridgehead atoms. The molecule has 1 amide bonds. The molecule has 1 aromatic carbocycles. The Kier molecular flexibility index (Phi) is 3.46. The van der Waals surface area contributed by atoms with Gasteiger partial charge in [-0.2, -0.15) is 5.10 Å². The van der Waals surface area contributed by atoms with Crippen molar-refractivity contribution in [2.45, 2.75) is 13.5 Å². The van der Waals surface area contributed by atoms with Gasteiger partial charge in [-0.15, -0.1) is 5.10 Å². The van der Waals surface area contributed by atoms with Gasteiger partial charge in [0.05, 0.1) is 11.7 Å². The van der Waals surface area contributed by atoms with Crippen LogP contribution < -0.4 is 5.43 Å². The number of hydrogen-bond acceptors (Lipinski definition) is 5. The molecule has 0 aliphatic rings. The summed E-state index contributed by atoms with van der Waals surface area (Å²) in [4.78, 5) is 11.8. The summed E-state index contributed by atoms with van der Waals surface area (Å²) in [6, 6.07) is 11.0. The van der Waals surface area contributed by atoms with E-state index in [0.29, 0.717) is 5.76 Å². The second-order valence-corrected chi connectivity index (χ2v) is 4.48. The quantitative estimate of drug-likeness (QED) is 0.580. The number of furan rings is 1. The van der Waals surface area contributed by atoms with E-state index in [1.165, 1.54) is 10.9 Å². The van der Waals surface area contributed by atoms with Crippen LogP contribution in [0.4, 0.5) is 0 Å². The summed E-state index contributed by atoms with van der Waals surface area (Å²) in [6.45, 7) is 1.89. The van der Waals surface area contributed by atoms with Crippen molar-refractivity contribution < 1.29 is 9.21 Å². The molecule has 21 heavy (non-hydrogen) atoms. The highest BCUT2D eigenvalue weighted by molar-refractivity contribution is 5.81. The predicted octanol–water partition coefficient (Wildman–Crippen LogP) is 1.48. The maximum absolute atomic E-state index is 11.8. The number of hydrazone groups is 1. The molecule has 0 spiro atoms. The van der Waals surface area contributed by atoms with Crippen molar-refractivity contribution in [1.29, 1.82) is 0 Å².